The number of amides is 1. The Morgan fingerprint density at radius 1 is 1.77 bits per heavy atom. The van der Waals surface area contributed by atoms with Gasteiger partial charge in [0.15, 0.2) is 0 Å². The van der Waals surface area contributed by atoms with Crippen molar-refractivity contribution in [2.24, 2.45) is 5.10 Å². The van der Waals surface area contributed by atoms with Crippen LogP contribution in [0.2, 0.25) is 0 Å². The van der Waals surface area contributed by atoms with Gasteiger partial charge in [-0.05, 0) is 29.8 Å². The first kappa shape index (κ1) is 10.5. The van der Waals surface area contributed by atoms with Crippen LogP contribution >= 0.6 is 15.9 Å². The molecule has 0 radical (unpaired) electrons. The van der Waals surface area contributed by atoms with Gasteiger partial charge in [0.1, 0.15) is 11.2 Å². The Balaban J connectivity index is 2.29. The summed E-state index contributed by atoms with van der Waals surface area (Å²) in [5.74, 6) is 0.0287. The SMILES string of the molecule is CC(C)NC(=O)CN1CCC(Br)=N1. The van der Waals surface area contributed by atoms with Gasteiger partial charge in [-0.1, -0.05) is 0 Å². The fourth-order valence-corrected chi connectivity index (χ4v) is 1.52. The van der Waals surface area contributed by atoms with E-state index in [9.17, 15) is 4.79 Å². The summed E-state index contributed by atoms with van der Waals surface area (Å²) in [7, 11) is 0. The maximum Gasteiger partial charge on any atom is 0.241 e. The molecule has 0 aliphatic carbocycles. The van der Waals surface area contributed by atoms with Crippen molar-refractivity contribution in [3.05, 3.63) is 0 Å². The smallest absolute Gasteiger partial charge is 0.241 e. The largest absolute Gasteiger partial charge is 0.352 e. The van der Waals surface area contributed by atoms with Crippen LogP contribution in [0, 0.1) is 0 Å². The second kappa shape index (κ2) is 4.60. The summed E-state index contributed by atoms with van der Waals surface area (Å²) in [5.41, 5.74) is 0. The van der Waals surface area contributed by atoms with Crippen molar-refractivity contribution in [3.63, 3.8) is 0 Å². The number of hydrazone groups is 1. The van der Waals surface area contributed by atoms with Gasteiger partial charge in [-0.2, -0.15) is 5.10 Å². The minimum absolute atomic E-state index is 0.0287. The Hall–Kier alpha value is -0.580. The van der Waals surface area contributed by atoms with Gasteiger partial charge in [0, 0.05) is 19.0 Å². The molecule has 0 aromatic rings. The van der Waals surface area contributed by atoms with Crippen LogP contribution in [-0.4, -0.2) is 34.7 Å². The third-order valence-electron chi connectivity index (χ3n) is 1.60. The lowest BCUT2D eigenvalue weighted by atomic mass is 10.4. The topological polar surface area (TPSA) is 44.7 Å². The Morgan fingerprint density at radius 3 is 2.92 bits per heavy atom. The van der Waals surface area contributed by atoms with Crippen LogP contribution in [0.4, 0.5) is 0 Å². The van der Waals surface area contributed by atoms with E-state index >= 15 is 0 Å². The number of carbonyl (C=O) groups is 1. The third-order valence-corrected chi connectivity index (χ3v) is 2.16. The number of halogens is 1. The molecular formula is C8H14BrN3O. The lowest BCUT2D eigenvalue weighted by molar-refractivity contribution is -0.122. The number of nitrogens with zero attached hydrogens (tertiary/aromatic N) is 2. The number of nitrogens with one attached hydrogen (secondary N) is 1. The molecule has 0 spiro atoms. The summed E-state index contributed by atoms with van der Waals surface area (Å²) in [4.78, 5) is 11.3. The number of carbonyl (C=O) groups excluding carboxylic acids is 1. The average Bonchev–Trinajstić information content (AvgIpc) is 2.33. The van der Waals surface area contributed by atoms with Crippen LogP contribution in [0.15, 0.2) is 5.10 Å². The molecule has 74 valence electrons. The second-order valence-electron chi connectivity index (χ2n) is 3.34. The minimum atomic E-state index is 0.0287. The van der Waals surface area contributed by atoms with Crippen LogP contribution in [-0.2, 0) is 4.79 Å². The fraction of sp³-hybridized carbons (Fsp3) is 0.750. The molecule has 0 aromatic heterocycles. The van der Waals surface area contributed by atoms with E-state index in [4.69, 9.17) is 0 Å². The zero-order valence-electron chi connectivity index (χ0n) is 7.88. The predicted molar refractivity (Wildman–Crippen MR) is 55.8 cm³/mol. The highest BCUT2D eigenvalue weighted by Crippen LogP contribution is 2.09. The van der Waals surface area contributed by atoms with Crippen molar-refractivity contribution in [3.8, 4) is 0 Å². The van der Waals surface area contributed by atoms with E-state index in [-0.39, 0.29) is 11.9 Å². The molecule has 1 aliphatic rings. The van der Waals surface area contributed by atoms with Crippen molar-refractivity contribution < 1.29 is 4.79 Å². The molecule has 0 fully saturated rings. The quantitative estimate of drug-likeness (QED) is 0.807. The van der Waals surface area contributed by atoms with Gasteiger partial charge < -0.3 is 5.32 Å². The van der Waals surface area contributed by atoms with Crippen molar-refractivity contribution in [1.82, 2.24) is 10.3 Å². The zero-order valence-corrected chi connectivity index (χ0v) is 9.47. The normalized spacial score (nSPS) is 16.3. The lowest BCUT2D eigenvalue weighted by Gasteiger charge is -2.14. The summed E-state index contributed by atoms with van der Waals surface area (Å²) < 4.78 is 0.921. The van der Waals surface area contributed by atoms with Gasteiger partial charge in [-0.15, -0.1) is 0 Å². The molecule has 0 aromatic carbocycles. The Morgan fingerprint density at radius 2 is 2.46 bits per heavy atom. The van der Waals surface area contributed by atoms with E-state index in [1.807, 2.05) is 13.8 Å². The maximum atomic E-state index is 11.3. The van der Waals surface area contributed by atoms with Crippen LogP contribution < -0.4 is 5.32 Å². The molecule has 1 aliphatic heterocycles. The molecule has 0 unspecified atom stereocenters. The van der Waals surface area contributed by atoms with E-state index in [1.54, 1.807) is 5.01 Å². The Bertz CT molecular complexity index is 227. The average molecular weight is 248 g/mol. The van der Waals surface area contributed by atoms with Crippen LogP contribution in [0.25, 0.3) is 0 Å². The van der Waals surface area contributed by atoms with E-state index in [0.29, 0.717) is 6.54 Å². The molecule has 0 atom stereocenters. The van der Waals surface area contributed by atoms with Crippen LogP contribution in [0.3, 0.4) is 0 Å². The van der Waals surface area contributed by atoms with Crippen molar-refractivity contribution in [1.29, 1.82) is 0 Å². The number of hydrogen-bond donors (Lipinski definition) is 1. The summed E-state index contributed by atoms with van der Waals surface area (Å²) in [6, 6.07) is 0.197. The van der Waals surface area contributed by atoms with Gasteiger partial charge in [-0.25, -0.2) is 0 Å². The molecule has 4 nitrogen and oxygen atoms in total. The maximum absolute atomic E-state index is 11.3. The summed E-state index contributed by atoms with van der Waals surface area (Å²) >= 11 is 3.30. The van der Waals surface area contributed by atoms with Gasteiger partial charge in [0.25, 0.3) is 0 Å². The summed E-state index contributed by atoms with van der Waals surface area (Å²) in [5, 5.41) is 8.73. The summed E-state index contributed by atoms with van der Waals surface area (Å²) in [6.45, 7) is 5.07. The van der Waals surface area contributed by atoms with Gasteiger partial charge in [0.05, 0.1) is 0 Å². The zero-order chi connectivity index (χ0) is 9.84. The van der Waals surface area contributed by atoms with Crippen molar-refractivity contribution in [2.45, 2.75) is 26.3 Å². The highest BCUT2D eigenvalue weighted by Gasteiger charge is 2.15. The van der Waals surface area contributed by atoms with Crippen molar-refractivity contribution in [2.75, 3.05) is 13.1 Å². The molecule has 13 heavy (non-hydrogen) atoms. The Labute approximate surface area is 86.5 Å². The Kier molecular flexibility index (Phi) is 3.71. The molecule has 1 amide bonds. The first-order valence-electron chi connectivity index (χ1n) is 4.35. The van der Waals surface area contributed by atoms with E-state index in [1.165, 1.54) is 0 Å². The number of rotatable bonds is 3. The molecule has 0 saturated heterocycles. The number of hydrogen-bond acceptors (Lipinski definition) is 3. The third kappa shape index (κ3) is 3.76. The molecule has 1 rings (SSSR count). The summed E-state index contributed by atoms with van der Waals surface area (Å²) in [6.07, 6.45) is 0.898. The fourth-order valence-electron chi connectivity index (χ4n) is 1.12. The predicted octanol–water partition coefficient (Wildman–Crippen LogP) is 0.925. The van der Waals surface area contributed by atoms with E-state index in [2.05, 4.69) is 26.3 Å². The highest BCUT2D eigenvalue weighted by atomic mass is 79.9. The molecule has 1 heterocycles. The van der Waals surface area contributed by atoms with Gasteiger partial charge >= 0.3 is 0 Å². The molecule has 5 heteroatoms. The van der Waals surface area contributed by atoms with Gasteiger partial charge in [0.2, 0.25) is 5.91 Å². The van der Waals surface area contributed by atoms with Crippen molar-refractivity contribution >= 4 is 26.5 Å². The standard InChI is InChI=1S/C8H14BrN3O/c1-6(2)10-8(13)5-12-4-3-7(9)11-12/h6H,3-5H2,1-2H3,(H,10,13). The molecular weight excluding hydrogens is 234 g/mol. The second-order valence-corrected chi connectivity index (χ2v) is 4.25. The monoisotopic (exact) mass is 247 g/mol. The first-order chi connectivity index (χ1) is 6.08. The highest BCUT2D eigenvalue weighted by molar-refractivity contribution is 9.18. The van der Waals surface area contributed by atoms with Crippen LogP contribution in [0.1, 0.15) is 20.3 Å². The van der Waals surface area contributed by atoms with Crippen LogP contribution in [0.5, 0.6) is 0 Å². The van der Waals surface area contributed by atoms with Gasteiger partial charge in [-0.3, -0.25) is 9.80 Å². The van der Waals surface area contributed by atoms with E-state index in [0.717, 1.165) is 17.6 Å². The molecule has 1 N–H and O–H groups in total. The molecule has 0 bridgehead atoms. The molecule has 0 saturated carbocycles. The minimum Gasteiger partial charge on any atom is -0.352 e. The first-order valence-corrected chi connectivity index (χ1v) is 5.14. The van der Waals surface area contributed by atoms with E-state index < -0.39 is 0 Å². The lowest BCUT2D eigenvalue weighted by Crippen LogP contribution is -2.37.